The molecule has 360 valence electrons. The summed E-state index contributed by atoms with van der Waals surface area (Å²) in [5, 5.41) is 3.56. The Labute approximate surface area is 422 Å². The number of rotatable bonds is 7. The molecule has 0 saturated carbocycles. The van der Waals surface area contributed by atoms with Crippen LogP contribution in [0.15, 0.2) is 179 Å². The van der Waals surface area contributed by atoms with Crippen molar-refractivity contribution in [2.24, 2.45) is 11.3 Å². The first-order valence-corrected chi connectivity index (χ1v) is 26.0. The van der Waals surface area contributed by atoms with Gasteiger partial charge in [-0.1, -0.05) is 186 Å². The predicted octanol–water partition coefficient (Wildman–Crippen LogP) is 18.8. The molecule has 3 aliphatic rings. The molecule has 11 rings (SSSR count). The predicted molar refractivity (Wildman–Crippen MR) is 303 cm³/mol. The summed E-state index contributed by atoms with van der Waals surface area (Å²) < 4.78 is 9.56. The van der Waals surface area contributed by atoms with E-state index in [4.69, 9.17) is 4.42 Å². The highest BCUT2D eigenvalue weighted by atomic mass is 16.3. The summed E-state index contributed by atoms with van der Waals surface area (Å²) in [6.45, 7) is 30.5. The fourth-order valence-corrected chi connectivity index (χ4v) is 11.9. The first-order valence-electron chi connectivity index (χ1n) is 26.0. The van der Waals surface area contributed by atoms with Crippen LogP contribution in [0.25, 0.3) is 49.8 Å². The molecule has 71 heavy (non-hydrogen) atoms. The third kappa shape index (κ3) is 7.81. The van der Waals surface area contributed by atoms with Gasteiger partial charge in [0.25, 0.3) is 0 Å². The lowest BCUT2D eigenvalue weighted by Crippen LogP contribution is -2.30. The van der Waals surface area contributed by atoms with Crippen molar-refractivity contribution in [1.82, 2.24) is 4.57 Å². The Morgan fingerprint density at radius 1 is 0.648 bits per heavy atom. The summed E-state index contributed by atoms with van der Waals surface area (Å²) in [5.41, 5.74) is 21.9. The van der Waals surface area contributed by atoms with Gasteiger partial charge in [-0.2, -0.15) is 0 Å². The van der Waals surface area contributed by atoms with Crippen LogP contribution in [0, 0.1) is 18.3 Å². The lowest BCUT2D eigenvalue weighted by Gasteiger charge is -2.39. The van der Waals surface area contributed by atoms with Crippen molar-refractivity contribution in [3.8, 4) is 16.9 Å². The van der Waals surface area contributed by atoms with Gasteiger partial charge in [0.1, 0.15) is 5.58 Å². The Balaban J connectivity index is 1.17. The number of hydrogen-bond acceptors (Lipinski definition) is 3. The molecule has 2 heterocycles. The molecular formula is C67H71N3O. The second kappa shape index (κ2) is 16.7. The molecule has 0 saturated heterocycles. The molecule has 0 amide bonds. The van der Waals surface area contributed by atoms with E-state index in [9.17, 15) is 0 Å². The smallest absolute Gasteiger partial charge is 0.159 e. The zero-order chi connectivity index (χ0) is 49.9. The van der Waals surface area contributed by atoms with Gasteiger partial charge in [-0.15, -0.1) is 0 Å². The van der Waals surface area contributed by atoms with Gasteiger partial charge in [0.05, 0.1) is 16.9 Å². The highest BCUT2D eigenvalue weighted by Gasteiger charge is 2.41. The zero-order valence-electron chi connectivity index (χ0n) is 44.4. The van der Waals surface area contributed by atoms with Crippen LogP contribution >= 0.6 is 0 Å². The molecule has 6 aromatic carbocycles. The van der Waals surface area contributed by atoms with Crippen molar-refractivity contribution in [3.63, 3.8) is 0 Å². The van der Waals surface area contributed by atoms with E-state index in [-0.39, 0.29) is 21.7 Å². The lowest BCUT2D eigenvalue weighted by atomic mass is 9.77. The number of aryl methyl sites for hydroxylation is 1. The number of furan rings is 1. The third-order valence-corrected chi connectivity index (χ3v) is 15.9. The number of allylic oxidation sites excluding steroid dienone is 7. The van der Waals surface area contributed by atoms with Gasteiger partial charge in [0.15, 0.2) is 5.58 Å². The molecule has 1 unspecified atom stereocenters. The van der Waals surface area contributed by atoms with E-state index in [0.29, 0.717) is 5.92 Å². The van der Waals surface area contributed by atoms with Gasteiger partial charge < -0.3 is 18.8 Å². The van der Waals surface area contributed by atoms with Crippen LogP contribution in [0.1, 0.15) is 130 Å². The van der Waals surface area contributed by atoms with Gasteiger partial charge in [-0.05, 0) is 125 Å². The van der Waals surface area contributed by atoms with Gasteiger partial charge in [-0.3, -0.25) is 0 Å². The third-order valence-electron chi connectivity index (χ3n) is 15.9. The van der Waals surface area contributed by atoms with Crippen LogP contribution < -0.4 is 9.80 Å². The van der Waals surface area contributed by atoms with Gasteiger partial charge >= 0.3 is 0 Å². The summed E-state index contributed by atoms with van der Waals surface area (Å²) >= 11 is 0. The van der Waals surface area contributed by atoms with Crippen molar-refractivity contribution in [2.45, 2.75) is 126 Å². The Hall–Kier alpha value is -6.78. The van der Waals surface area contributed by atoms with Gasteiger partial charge in [0.2, 0.25) is 0 Å². The molecule has 0 spiro atoms. The molecule has 2 aromatic heterocycles. The molecule has 0 N–H and O–H groups in total. The van der Waals surface area contributed by atoms with E-state index in [2.05, 4.69) is 256 Å². The largest absolute Gasteiger partial charge is 0.454 e. The number of aromatic nitrogens is 1. The Morgan fingerprint density at radius 3 is 2.08 bits per heavy atom. The van der Waals surface area contributed by atoms with Crippen LogP contribution in [0.3, 0.4) is 0 Å². The maximum atomic E-state index is 6.99. The summed E-state index contributed by atoms with van der Waals surface area (Å²) in [4.78, 5) is 5.14. The quantitative estimate of drug-likeness (QED) is 0.159. The maximum Gasteiger partial charge on any atom is 0.159 e. The lowest BCUT2D eigenvalue weighted by molar-refractivity contribution is 0.452. The zero-order valence-corrected chi connectivity index (χ0v) is 44.4. The van der Waals surface area contributed by atoms with E-state index in [1.165, 1.54) is 78.3 Å². The highest BCUT2D eigenvalue weighted by Crippen LogP contribution is 2.54. The van der Waals surface area contributed by atoms with E-state index in [0.717, 1.165) is 58.3 Å². The average molecular weight is 934 g/mol. The van der Waals surface area contributed by atoms with Crippen molar-refractivity contribution in [2.75, 3.05) is 9.80 Å². The van der Waals surface area contributed by atoms with Crippen LogP contribution in [0.5, 0.6) is 0 Å². The second-order valence-electron chi connectivity index (χ2n) is 24.4. The number of hydrogen-bond donors (Lipinski definition) is 0. The molecule has 0 bridgehead atoms. The Morgan fingerprint density at radius 2 is 1.35 bits per heavy atom. The first kappa shape index (κ1) is 46.6. The van der Waals surface area contributed by atoms with E-state index in [1.54, 1.807) is 0 Å². The molecular weight excluding hydrogens is 863 g/mol. The fourth-order valence-electron chi connectivity index (χ4n) is 11.9. The minimum absolute atomic E-state index is 0.0400. The molecule has 8 aromatic rings. The van der Waals surface area contributed by atoms with Crippen LogP contribution in [-0.4, -0.2) is 4.57 Å². The van der Waals surface area contributed by atoms with E-state index >= 15 is 0 Å². The number of fused-ring (bicyclic) bond motifs is 8. The SMILES string of the molecule is Cc1cc(C(C)(C)C)ccc1N(C1=CCCC(N(c2cc(-n3c4c(c5ccccc53)C(C)(C)c3ccccc3-4)cc(C(C)(C)C)c2)c2cccc3c2oc2ccccc23)=C1)C1=CC=C(C(C)(C)C)CC1C. The van der Waals surface area contributed by atoms with Crippen molar-refractivity contribution < 1.29 is 4.42 Å². The van der Waals surface area contributed by atoms with Crippen LogP contribution in [-0.2, 0) is 16.2 Å². The van der Waals surface area contributed by atoms with Gasteiger partial charge in [-0.25, -0.2) is 0 Å². The van der Waals surface area contributed by atoms with Crippen molar-refractivity contribution >= 4 is 49.9 Å². The number of para-hydroxylation sites is 3. The summed E-state index contributed by atoms with van der Waals surface area (Å²) in [6, 6.07) is 47.8. The molecule has 4 nitrogen and oxygen atoms in total. The minimum Gasteiger partial charge on any atom is -0.454 e. The Kier molecular flexibility index (Phi) is 10.9. The average Bonchev–Trinajstić information content (AvgIpc) is 3.96. The van der Waals surface area contributed by atoms with Gasteiger partial charge in [0, 0.05) is 67.2 Å². The highest BCUT2D eigenvalue weighted by molar-refractivity contribution is 6.10. The topological polar surface area (TPSA) is 24.6 Å². The normalized spacial score (nSPS) is 16.9. The number of anilines is 3. The molecule has 4 heteroatoms. The van der Waals surface area contributed by atoms with E-state index < -0.39 is 0 Å². The standard InChI is InChI=1S/C67H71N3O/c1-42-36-44(64(3,4)5)32-34-56(42)69(57-35-33-45(37-43(57)2)65(6,7)8)48-23-20-22-47(40-48)68(59-30-21-27-52-51-24-16-19-31-60(51)71-63(52)59)49-38-46(66(9,10)11)39-50(41-49)70-58-29-18-15-26-54(58)61-62(70)53-25-14-17-28-55(53)67(61,12)13/h14-19,21,23-36,38-41,43H,20,22,37H2,1-13H3. The number of nitrogens with zero attached hydrogens (tertiary/aromatic N) is 3. The fraction of sp³-hybridized carbons (Fsp3) is 0.313. The van der Waals surface area contributed by atoms with Crippen LogP contribution in [0.4, 0.5) is 17.1 Å². The summed E-state index contributed by atoms with van der Waals surface area (Å²) in [5.74, 6) is 0.315. The first-order chi connectivity index (χ1) is 33.7. The van der Waals surface area contributed by atoms with Crippen molar-refractivity contribution in [3.05, 3.63) is 202 Å². The molecule has 0 radical (unpaired) electrons. The second-order valence-corrected chi connectivity index (χ2v) is 24.4. The minimum atomic E-state index is -0.160. The molecule has 0 aliphatic heterocycles. The monoisotopic (exact) mass is 934 g/mol. The van der Waals surface area contributed by atoms with Crippen molar-refractivity contribution in [1.29, 1.82) is 0 Å². The molecule has 3 aliphatic carbocycles. The molecule has 1 atom stereocenters. The molecule has 0 fully saturated rings. The van der Waals surface area contributed by atoms with E-state index in [1.807, 2.05) is 0 Å². The van der Waals surface area contributed by atoms with Crippen LogP contribution in [0.2, 0.25) is 0 Å². The summed E-state index contributed by atoms with van der Waals surface area (Å²) in [6.07, 6.45) is 12.6. The Bertz CT molecular complexity index is 3580. The maximum absolute atomic E-state index is 6.99. The summed E-state index contributed by atoms with van der Waals surface area (Å²) in [7, 11) is 0. The number of benzene rings is 6.